The number of alkyl halides is 5. The topological polar surface area (TPSA) is 21.1 Å². The number of hydrogen-bond acceptors (Lipinski definition) is 2. The highest BCUT2D eigenvalue weighted by atomic mass is 19.4. The van der Waals surface area contributed by atoms with Gasteiger partial charge in [-0.25, -0.2) is 9.88 Å². The number of benzene rings is 1. The molecule has 0 N–H and O–H groups in total. The van der Waals surface area contributed by atoms with Crippen LogP contribution in [0.15, 0.2) is 30.5 Å². The molecule has 0 amide bonds. The summed E-state index contributed by atoms with van der Waals surface area (Å²) < 4.78 is 65.4. The first-order valence-corrected chi connectivity index (χ1v) is 7.33. The molecule has 3 nitrogen and oxygen atoms in total. The molecule has 1 heterocycles. The fraction of sp³-hybridized carbons (Fsp3) is 0.438. The van der Waals surface area contributed by atoms with E-state index in [1.165, 1.54) is 7.05 Å². The maximum absolute atomic E-state index is 13.1. The zero-order valence-electron chi connectivity index (χ0n) is 13.5. The van der Waals surface area contributed by atoms with Crippen LogP contribution >= 0.6 is 0 Å². The Labute approximate surface area is 136 Å². The summed E-state index contributed by atoms with van der Waals surface area (Å²) in [5.41, 5.74) is 0.330. The second kappa shape index (κ2) is 6.88. The molecule has 0 unspecified atom stereocenters. The Bertz CT molecular complexity index is 674. The van der Waals surface area contributed by atoms with E-state index in [9.17, 15) is 22.0 Å². The van der Waals surface area contributed by atoms with E-state index < -0.39 is 24.5 Å². The molecule has 0 bridgehead atoms. The van der Waals surface area contributed by atoms with E-state index in [-0.39, 0.29) is 12.4 Å². The van der Waals surface area contributed by atoms with E-state index in [2.05, 4.69) is 4.98 Å². The number of halogens is 5. The third-order valence-corrected chi connectivity index (χ3v) is 3.58. The average Bonchev–Trinajstić information content (AvgIpc) is 2.93. The lowest BCUT2D eigenvalue weighted by Gasteiger charge is -2.18. The molecule has 1 aromatic heterocycles. The molecule has 2 rings (SSSR count). The van der Waals surface area contributed by atoms with Gasteiger partial charge in [-0.15, -0.1) is 0 Å². The summed E-state index contributed by atoms with van der Waals surface area (Å²) in [4.78, 5) is 4.77. The van der Waals surface area contributed by atoms with Gasteiger partial charge in [0.25, 0.3) is 6.55 Å². The van der Waals surface area contributed by atoms with E-state index in [4.69, 9.17) is 0 Å². The van der Waals surface area contributed by atoms with Crippen LogP contribution in [0, 0.1) is 0 Å². The van der Waals surface area contributed by atoms with Crippen molar-refractivity contribution >= 4 is 0 Å². The van der Waals surface area contributed by atoms with Crippen LogP contribution in [0.25, 0.3) is 11.4 Å². The Morgan fingerprint density at radius 3 is 2.17 bits per heavy atom. The first-order valence-electron chi connectivity index (χ1n) is 7.33. The minimum absolute atomic E-state index is 0.0460. The lowest BCUT2D eigenvalue weighted by atomic mass is 10.1. The standard InChI is InChI=1S/C16H18F5N3/c1-10(2)24-13(16(19,20)21)8-22-14(24)12-6-4-11(5-7-12)9-23(3)15(17)18/h4-8,10,15H,9H2,1-3H3. The molecule has 2 aromatic rings. The van der Waals surface area contributed by atoms with Crippen molar-refractivity contribution in [2.24, 2.45) is 0 Å². The molecule has 0 saturated carbocycles. The smallest absolute Gasteiger partial charge is 0.318 e. The predicted molar refractivity (Wildman–Crippen MR) is 80.5 cm³/mol. The summed E-state index contributed by atoms with van der Waals surface area (Å²) >= 11 is 0. The van der Waals surface area contributed by atoms with Gasteiger partial charge in [-0.05, 0) is 26.5 Å². The molecule has 0 fully saturated rings. The monoisotopic (exact) mass is 347 g/mol. The summed E-state index contributed by atoms with van der Waals surface area (Å²) in [6, 6.07) is 5.98. The molecule has 0 aliphatic carbocycles. The third-order valence-electron chi connectivity index (χ3n) is 3.58. The number of nitrogens with zero attached hydrogens (tertiary/aromatic N) is 3. The van der Waals surface area contributed by atoms with Gasteiger partial charge in [-0.2, -0.15) is 22.0 Å². The molecule has 0 spiro atoms. The van der Waals surface area contributed by atoms with Gasteiger partial charge in [0, 0.05) is 18.2 Å². The molecule has 8 heteroatoms. The van der Waals surface area contributed by atoms with E-state index in [0.29, 0.717) is 11.1 Å². The van der Waals surface area contributed by atoms with Crippen LogP contribution in [-0.4, -0.2) is 28.0 Å². The van der Waals surface area contributed by atoms with Gasteiger partial charge in [0.05, 0.1) is 6.20 Å². The van der Waals surface area contributed by atoms with Crippen molar-refractivity contribution in [2.45, 2.75) is 39.2 Å². The summed E-state index contributed by atoms with van der Waals surface area (Å²) in [5, 5.41) is 0. The van der Waals surface area contributed by atoms with Crippen molar-refractivity contribution in [1.82, 2.24) is 14.5 Å². The van der Waals surface area contributed by atoms with Crippen LogP contribution in [-0.2, 0) is 12.7 Å². The lowest BCUT2D eigenvalue weighted by Crippen LogP contribution is -2.23. The minimum Gasteiger partial charge on any atom is -0.318 e. The number of rotatable bonds is 5. The van der Waals surface area contributed by atoms with Crippen LogP contribution in [0.4, 0.5) is 22.0 Å². The van der Waals surface area contributed by atoms with Crippen molar-refractivity contribution in [3.63, 3.8) is 0 Å². The highest BCUT2D eigenvalue weighted by Gasteiger charge is 2.36. The van der Waals surface area contributed by atoms with Crippen molar-refractivity contribution in [2.75, 3.05) is 7.05 Å². The summed E-state index contributed by atoms with van der Waals surface area (Å²) in [7, 11) is 1.29. The van der Waals surface area contributed by atoms with Crippen LogP contribution < -0.4 is 0 Å². The molecule has 0 aliphatic heterocycles. The number of hydrogen-bond donors (Lipinski definition) is 0. The van der Waals surface area contributed by atoms with E-state index in [1.807, 2.05) is 0 Å². The molecule has 0 aliphatic rings. The van der Waals surface area contributed by atoms with Crippen LogP contribution in [0.3, 0.4) is 0 Å². The van der Waals surface area contributed by atoms with Gasteiger partial charge >= 0.3 is 6.18 Å². The normalized spacial score (nSPS) is 12.6. The summed E-state index contributed by atoms with van der Waals surface area (Å²) in [6.07, 6.45) is -3.68. The maximum atomic E-state index is 13.1. The number of imidazole rings is 1. The van der Waals surface area contributed by atoms with Gasteiger partial charge in [-0.1, -0.05) is 24.3 Å². The van der Waals surface area contributed by atoms with Crippen molar-refractivity contribution in [3.8, 4) is 11.4 Å². The zero-order valence-corrected chi connectivity index (χ0v) is 13.5. The van der Waals surface area contributed by atoms with Crippen LogP contribution in [0.1, 0.15) is 31.1 Å². The van der Waals surface area contributed by atoms with Gasteiger partial charge < -0.3 is 4.57 Å². The zero-order chi connectivity index (χ0) is 18.1. The largest absolute Gasteiger partial charge is 0.433 e. The Morgan fingerprint density at radius 1 is 1.12 bits per heavy atom. The highest BCUT2D eigenvalue weighted by Crippen LogP contribution is 2.34. The first kappa shape index (κ1) is 18.4. The Hall–Kier alpha value is -1.96. The Morgan fingerprint density at radius 2 is 1.71 bits per heavy atom. The summed E-state index contributed by atoms with van der Waals surface area (Å²) in [5.74, 6) is 0.200. The third kappa shape index (κ3) is 3.92. The van der Waals surface area contributed by atoms with Crippen molar-refractivity contribution < 1.29 is 22.0 Å². The molecular weight excluding hydrogens is 329 g/mol. The molecule has 0 atom stereocenters. The quantitative estimate of drug-likeness (QED) is 0.572. The van der Waals surface area contributed by atoms with E-state index >= 15 is 0 Å². The van der Waals surface area contributed by atoms with Gasteiger partial charge in [-0.3, -0.25) is 0 Å². The van der Waals surface area contributed by atoms with Crippen LogP contribution in [0.2, 0.25) is 0 Å². The molecule has 0 radical (unpaired) electrons. The first-order chi connectivity index (χ1) is 11.1. The molecule has 24 heavy (non-hydrogen) atoms. The molecule has 1 aromatic carbocycles. The van der Waals surface area contributed by atoms with Gasteiger partial charge in [0.15, 0.2) is 0 Å². The van der Waals surface area contributed by atoms with Crippen LogP contribution in [0.5, 0.6) is 0 Å². The molecule has 0 saturated heterocycles. The SMILES string of the molecule is CC(C)n1c(C(F)(F)F)cnc1-c1ccc(CN(C)C(F)F)cc1. The fourth-order valence-electron chi connectivity index (χ4n) is 2.42. The second-order valence-corrected chi connectivity index (χ2v) is 5.82. The van der Waals surface area contributed by atoms with Gasteiger partial charge in [0.2, 0.25) is 0 Å². The minimum atomic E-state index is -4.49. The Balaban J connectivity index is 2.34. The highest BCUT2D eigenvalue weighted by molar-refractivity contribution is 5.57. The van der Waals surface area contributed by atoms with Gasteiger partial charge in [0.1, 0.15) is 11.5 Å². The van der Waals surface area contributed by atoms with Crippen molar-refractivity contribution in [3.05, 3.63) is 41.7 Å². The second-order valence-electron chi connectivity index (χ2n) is 5.82. The predicted octanol–water partition coefficient (Wildman–Crippen LogP) is 4.80. The Kier molecular flexibility index (Phi) is 5.27. The van der Waals surface area contributed by atoms with E-state index in [0.717, 1.165) is 15.7 Å². The number of aromatic nitrogens is 2. The average molecular weight is 347 g/mol. The fourth-order valence-corrected chi connectivity index (χ4v) is 2.42. The molecular formula is C16H18F5N3. The van der Waals surface area contributed by atoms with E-state index in [1.54, 1.807) is 38.1 Å². The lowest BCUT2D eigenvalue weighted by molar-refractivity contribution is -0.144. The molecule has 132 valence electrons. The maximum Gasteiger partial charge on any atom is 0.433 e. The summed E-state index contributed by atoms with van der Waals surface area (Å²) in [6.45, 7) is 0.766. The van der Waals surface area contributed by atoms with Crippen molar-refractivity contribution in [1.29, 1.82) is 0 Å².